The van der Waals surface area contributed by atoms with Gasteiger partial charge in [0.25, 0.3) is 5.91 Å². The van der Waals surface area contributed by atoms with Crippen molar-refractivity contribution in [1.82, 2.24) is 9.88 Å². The predicted molar refractivity (Wildman–Crippen MR) is 107 cm³/mol. The summed E-state index contributed by atoms with van der Waals surface area (Å²) in [6.07, 6.45) is 10.4. The van der Waals surface area contributed by atoms with Crippen molar-refractivity contribution in [3.63, 3.8) is 0 Å². The van der Waals surface area contributed by atoms with Crippen molar-refractivity contribution in [2.45, 2.75) is 46.1 Å². The second kappa shape index (κ2) is 7.66. The SMILES string of the molecule is C#C/C=C(/CCNC(=O)c1cc(C)n(C2CC2)c1C)c1ccccc1C. The molecule has 3 rings (SSSR count). The Morgan fingerprint density at radius 2 is 2.00 bits per heavy atom. The Labute approximate surface area is 156 Å². The van der Waals surface area contributed by atoms with Gasteiger partial charge in [-0.05, 0) is 68.9 Å². The van der Waals surface area contributed by atoms with Crippen LogP contribution in [-0.4, -0.2) is 17.0 Å². The minimum atomic E-state index is -0.00478. The first-order valence-corrected chi connectivity index (χ1v) is 9.20. The van der Waals surface area contributed by atoms with E-state index in [0.717, 1.165) is 22.4 Å². The van der Waals surface area contributed by atoms with E-state index in [0.29, 0.717) is 19.0 Å². The maximum absolute atomic E-state index is 12.6. The zero-order valence-electron chi connectivity index (χ0n) is 15.8. The van der Waals surface area contributed by atoms with Crippen molar-refractivity contribution in [3.05, 3.63) is 64.5 Å². The van der Waals surface area contributed by atoms with Crippen LogP contribution < -0.4 is 5.32 Å². The summed E-state index contributed by atoms with van der Waals surface area (Å²) in [6, 6.07) is 10.8. The lowest BCUT2D eigenvalue weighted by atomic mass is 9.98. The number of benzene rings is 1. The van der Waals surface area contributed by atoms with Crippen LogP contribution >= 0.6 is 0 Å². The van der Waals surface area contributed by atoms with Gasteiger partial charge in [-0.1, -0.05) is 30.2 Å². The van der Waals surface area contributed by atoms with Gasteiger partial charge in [0.15, 0.2) is 0 Å². The van der Waals surface area contributed by atoms with Crippen LogP contribution in [0.3, 0.4) is 0 Å². The molecule has 1 heterocycles. The van der Waals surface area contributed by atoms with E-state index < -0.39 is 0 Å². The predicted octanol–water partition coefficient (Wildman–Crippen LogP) is 4.58. The fourth-order valence-corrected chi connectivity index (χ4v) is 3.63. The molecular weight excluding hydrogens is 320 g/mol. The fourth-order valence-electron chi connectivity index (χ4n) is 3.63. The van der Waals surface area contributed by atoms with E-state index in [2.05, 4.69) is 41.8 Å². The van der Waals surface area contributed by atoms with Gasteiger partial charge in [0.05, 0.1) is 5.56 Å². The second-order valence-corrected chi connectivity index (χ2v) is 7.04. The van der Waals surface area contributed by atoms with Crippen molar-refractivity contribution in [2.24, 2.45) is 0 Å². The van der Waals surface area contributed by atoms with Crippen LogP contribution in [-0.2, 0) is 0 Å². The molecule has 3 nitrogen and oxygen atoms in total. The standard InChI is InChI=1S/C23H26N2O/c1-5-8-19(21-10-7-6-9-16(21)2)13-14-24-23(26)22-15-17(3)25(18(22)4)20-11-12-20/h1,6-10,15,20H,11-14H2,2-4H3,(H,24,26)/b19-8-. The quantitative estimate of drug-likeness (QED) is 0.763. The zero-order chi connectivity index (χ0) is 18.7. The van der Waals surface area contributed by atoms with Gasteiger partial charge < -0.3 is 9.88 Å². The smallest absolute Gasteiger partial charge is 0.253 e. The Morgan fingerprint density at radius 1 is 1.27 bits per heavy atom. The third kappa shape index (κ3) is 3.75. The number of carbonyl (C=O) groups is 1. The molecule has 0 saturated heterocycles. The van der Waals surface area contributed by atoms with Gasteiger partial charge in [0.2, 0.25) is 0 Å². The van der Waals surface area contributed by atoms with E-state index in [4.69, 9.17) is 6.42 Å². The van der Waals surface area contributed by atoms with Crippen LogP contribution in [0, 0.1) is 33.1 Å². The molecule has 134 valence electrons. The molecule has 1 saturated carbocycles. The van der Waals surface area contributed by atoms with E-state index in [-0.39, 0.29) is 5.91 Å². The molecule has 26 heavy (non-hydrogen) atoms. The average molecular weight is 346 g/mol. The molecule has 3 heteroatoms. The molecule has 0 aliphatic heterocycles. The van der Waals surface area contributed by atoms with Crippen LogP contribution in [0.2, 0.25) is 0 Å². The summed E-state index contributed by atoms with van der Waals surface area (Å²) < 4.78 is 2.30. The lowest BCUT2D eigenvalue weighted by Gasteiger charge is -2.11. The summed E-state index contributed by atoms with van der Waals surface area (Å²) in [4.78, 5) is 12.6. The van der Waals surface area contributed by atoms with Crippen LogP contribution in [0.1, 0.15) is 58.2 Å². The summed E-state index contributed by atoms with van der Waals surface area (Å²) in [5, 5.41) is 3.06. The Bertz CT molecular complexity index is 891. The molecule has 0 radical (unpaired) electrons. The molecular formula is C23H26N2O. The highest BCUT2D eigenvalue weighted by atomic mass is 16.1. The van der Waals surface area contributed by atoms with E-state index in [1.807, 2.05) is 25.1 Å². The number of amides is 1. The van der Waals surface area contributed by atoms with Crippen molar-refractivity contribution in [2.75, 3.05) is 6.54 Å². The topological polar surface area (TPSA) is 34.0 Å². The largest absolute Gasteiger partial charge is 0.352 e. The van der Waals surface area contributed by atoms with Crippen molar-refractivity contribution in [1.29, 1.82) is 0 Å². The molecule has 0 atom stereocenters. The number of aromatic nitrogens is 1. The first-order chi connectivity index (χ1) is 12.5. The number of hydrogen-bond donors (Lipinski definition) is 1. The summed E-state index contributed by atoms with van der Waals surface area (Å²) in [5.41, 5.74) is 6.44. The minimum absolute atomic E-state index is 0.00478. The van der Waals surface area contributed by atoms with Gasteiger partial charge in [0, 0.05) is 24.0 Å². The minimum Gasteiger partial charge on any atom is -0.352 e. The molecule has 2 aromatic rings. The molecule has 1 aliphatic carbocycles. The monoisotopic (exact) mass is 346 g/mol. The molecule has 0 spiro atoms. The van der Waals surface area contributed by atoms with Gasteiger partial charge in [0.1, 0.15) is 0 Å². The van der Waals surface area contributed by atoms with Gasteiger partial charge in [-0.25, -0.2) is 0 Å². The molecule has 1 aliphatic rings. The van der Waals surface area contributed by atoms with Crippen molar-refractivity contribution in [3.8, 4) is 12.3 Å². The fraction of sp³-hybridized carbons (Fsp3) is 0.348. The van der Waals surface area contributed by atoms with Crippen molar-refractivity contribution < 1.29 is 4.79 Å². The first kappa shape index (κ1) is 18.1. The third-order valence-corrected chi connectivity index (χ3v) is 5.07. The van der Waals surface area contributed by atoms with E-state index in [9.17, 15) is 4.79 Å². The number of rotatable bonds is 6. The maximum Gasteiger partial charge on any atom is 0.253 e. The summed E-state index contributed by atoms with van der Waals surface area (Å²) in [5.74, 6) is 2.62. The Hall–Kier alpha value is -2.73. The molecule has 0 unspecified atom stereocenters. The van der Waals surface area contributed by atoms with Crippen LogP contribution in [0.5, 0.6) is 0 Å². The highest BCUT2D eigenvalue weighted by molar-refractivity contribution is 5.95. The second-order valence-electron chi connectivity index (χ2n) is 7.04. The lowest BCUT2D eigenvalue weighted by Crippen LogP contribution is -2.25. The molecule has 1 aromatic heterocycles. The number of nitrogens with zero attached hydrogens (tertiary/aromatic N) is 1. The number of carbonyl (C=O) groups excluding carboxylic acids is 1. The third-order valence-electron chi connectivity index (χ3n) is 5.07. The van der Waals surface area contributed by atoms with Gasteiger partial charge in [-0.2, -0.15) is 0 Å². The van der Waals surface area contributed by atoms with E-state index >= 15 is 0 Å². The van der Waals surface area contributed by atoms with Gasteiger partial charge in [-0.15, -0.1) is 6.42 Å². The Morgan fingerprint density at radius 3 is 2.65 bits per heavy atom. The number of hydrogen-bond acceptors (Lipinski definition) is 1. The molecule has 1 amide bonds. The molecule has 0 bridgehead atoms. The maximum atomic E-state index is 12.6. The van der Waals surface area contributed by atoms with Gasteiger partial charge >= 0.3 is 0 Å². The summed E-state index contributed by atoms with van der Waals surface area (Å²) >= 11 is 0. The number of nitrogens with one attached hydrogen (secondary N) is 1. The summed E-state index contributed by atoms with van der Waals surface area (Å²) in [6.45, 7) is 6.75. The zero-order valence-corrected chi connectivity index (χ0v) is 15.8. The average Bonchev–Trinajstić information content (AvgIpc) is 3.39. The molecule has 1 fully saturated rings. The van der Waals surface area contributed by atoms with E-state index in [1.54, 1.807) is 6.08 Å². The first-order valence-electron chi connectivity index (χ1n) is 9.20. The number of terminal acetylenes is 1. The Kier molecular flexibility index (Phi) is 5.32. The van der Waals surface area contributed by atoms with Crippen LogP contribution in [0.4, 0.5) is 0 Å². The highest BCUT2D eigenvalue weighted by Gasteiger charge is 2.28. The molecule has 1 N–H and O–H groups in total. The lowest BCUT2D eigenvalue weighted by molar-refractivity contribution is 0.0954. The number of allylic oxidation sites excluding steroid dienone is 1. The van der Waals surface area contributed by atoms with Crippen LogP contribution in [0.25, 0.3) is 5.57 Å². The van der Waals surface area contributed by atoms with Gasteiger partial charge in [-0.3, -0.25) is 4.79 Å². The highest BCUT2D eigenvalue weighted by Crippen LogP contribution is 2.38. The number of aryl methyl sites for hydroxylation is 2. The Balaban J connectivity index is 1.66. The van der Waals surface area contributed by atoms with Crippen LogP contribution in [0.15, 0.2) is 36.4 Å². The summed E-state index contributed by atoms with van der Waals surface area (Å²) in [7, 11) is 0. The van der Waals surface area contributed by atoms with Crippen molar-refractivity contribution >= 4 is 11.5 Å². The van der Waals surface area contributed by atoms with E-state index in [1.165, 1.54) is 24.1 Å². The molecule has 1 aromatic carbocycles. The normalized spacial score (nSPS) is 14.2.